The molecule has 0 saturated carbocycles. The molecule has 6 nitrogen and oxygen atoms in total. The number of rotatable bonds is 15. The predicted octanol–water partition coefficient (Wildman–Crippen LogP) is 5.78. The number of ether oxygens (including phenoxy) is 4. The van der Waals surface area contributed by atoms with Crippen LogP contribution >= 0.6 is 0 Å². The second-order valence-corrected chi connectivity index (χ2v) is 12.5. The van der Waals surface area contributed by atoms with Crippen molar-refractivity contribution in [2.75, 3.05) is 13.7 Å². The minimum absolute atomic E-state index is 0.393. The molecule has 1 aliphatic rings. The van der Waals surface area contributed by atoms with Gasteiger partial charge >= 0.3 is 8.56 Å². The zero-order valence-electron chi connectivity index (χ0n) is 21.7. The van der Waals surface area contributed by atoms with Crippen molar-refractivity contribution in [3.63, 3.8) is 0 Å². The highest BCUT2D eigenvalue weighted by Gasteiger charge is 2.49. The summed E-state index contributed by atoms with van der Waals surface area (Å²) >= 11 is 0. The molecule has 1 aliphatic heterocycles. The molecule has 1 fully saturated rings. The van der Waals surface area contributed by atoms with Crippen LogP contribution in [0.5, 0.6) is 0 Å². The maximum Gasteiger partial charge on any atom is 0.332 e. The Kier molecular flexibility index (Phi) is 11.5. The van der Waals surface area contributed by atoms with Gasteiger partial charge in [0, 0.05) is 13.7 Å². The second kappa shape index (κ2) is 14.6. The Morgan fingerprint density at radius 2 is 1.44 bits per heavy atom. The van der Waals surface area contributed by atoms with Gasteiger partial charge in [0.05, 0.1) is 13.2 Å². The van der Waals surface area contributed by atoms with Gasteiger partial charge in [-0.05, 0) is 37.1 Å². The number of methoxy groups -OCH3 is 1. The van der Waals surface area contributed by atoms with Gasteiger partial charge in [-0.15, -0.1) is 13.2 Å². The van der Waals surface area contributed by atoms with Crippen LogP contribution in [0.25, 0.3) is 0 Å². The summed E-state index contributed by atoms with van der Waals surface area (Å²) in [5.41, 5.74) is 2.11. The van der Waals surface area contributed by atoms with Crippen LogP contribution in [0.3, 0.4) is 0 Å². The Bertz CT molecular complexity index is 906. The van der Waals surface area contributed by atoms with E-state index in [0.717, 1.165) is 24.0 Å². The molecule has 0 unspecified atom stereocenters. The maximum absolute atomic E-state index is 6.67. The van der Waals surface area contributed by atoms with Crippen molar-refractivity contribution in [2.45, 2.75) is 69.9 Å². The molecule has 0 amide bonds. The van der Waals surface area contributed by atoms with Crippen LogP contribution in [0, 0.1) is 0 Å². The monoisotopic (exact) mass is 512 g/mol. The van der Waals surface area contributed by atoms with Crippen molar-refractivity contribution in [2.24, 2.45) is 0 Å². The van der Waals surface area contributed by atoms with Crippen LogP contribution < -0.4 is 0 Å². The van der Waals surface area contributed by atoms with Gasteiger partial charge in [-0.25, -0.2) is 0 Å². The molecule has 1 saturated heterocycles. The average Bonchev–Trinajstić information content (AvgIpc) is 2.90. The fourth-order valence-corrected chi connectivity index (χ4v) is 5.78. The van der Waals surface area contributed by atoms with E-state index < -0.39 is 39.3 Å². The standard InChI is InChI=1S/C29H40O6Si/c1-6-8-15-20-33-36(4,5)35-26-25(7-2)34-29(30-3)28(32-22-24-18-13-10-14-19-24)27(26)31-21-23-16-11-9-12-17-23/h6-7,9-14,16-19,25-29H,1-2,8,15,20-22H2,3-5H3/t25-,26-,27+,28-,29+/m1/s1. The fourth-order valence-electron chi connectivity index (χ4n) is 4.16. The topological polar surface area (TPSA) is 55.4 Å². The van der Waals surface area contributed by atoms with Gasteiger partial charge in [0.1, 0.15) is 24.4 Å². The van der Waals surface area contributed by atoms with Gasteiger partial charge in [0.25, 0.3) is 0 Å². The third-order valence-electron chi connectivity index (χ3n) is 5.99. The van der Waals surface area contributed by atoms with Crippen LogP contribution in [0.15, 0.2) is 86.0 Å². The molecule has 0 spiro atoms. The highest BCUT2D eigenvalue weighted by atomic mass is 28.4. The average molecular weight is 513 g/mol. The smallest absolute Gasteiger partial charge is 0.332 e. The lowest BCUT2D eigenvalue weighted by Gasteiger charge is -2.46. The molecule has 3 rings (SSSR count). The molecule has 0 aliphatic carbocycles. The number of benzene rings is 2. The van der Waals surface area contributed by atoms with Crippen molar-refractivity contribution in [1.29, 1.82) is 0 Å². The Labute approximate surface area is 217 Å². The molecule has 0 radical (unpaired) electrons. The zero-order valence-corrected chi connectivity index (χ0v) is 22.7. The number of hydrogen-bond donors (Lipinski definition) is 0. The Balaban J connectivity index is 1.83. The van der Waals surface area contributed by atoms with Crippen LogP contribution in [0.1, 0.15) is 24.0 Å². The lowest BCUT2D eigenvalue weighted by Crippen LogP contribution is -2.62. The van der Waals surface area contributed by atoms with E-state index in [0.29, 0.717) is 19.8 Å². The summed E-state index contributed by atoms with van der Waals surface area (Å²) in [6.45, 7) is 13.3. The SMILES string of the molecule is C=CCCCO[Si](C)(C)O[C@H]1[C@H](OCc2ccccc2)[C@@H](OCc2ccccc2)[C@@H](OC)O[C@@H]1C=C. The van der Waals surface area contributed by atoms with Crippen molar-refractivity contribution >= 4 is 8.56 Å². The summed E-state index contributed by atoms with van der Waals surface area (Å²) in [6.07, 6.45) is 2.88. The largest absolute Gasteiger partial charge is 0.394 e. The van der Waals surface area contributed by atoms with E-state index in [1.807, 2.05) is 79.8 Å². The highest BCUT2D eigenvalue weighted by molar-refractivity contribution is 6.64. The first kappa shape index (κ1) is 28.5. The van der Waals surface area contributed by atoms with E-state index in [-0.39, 0.29) is 0 Å². The molecule has 196 valence electrons. The molecule has 7 heteroatoms. The van der Waals surface area contributed by atoms with E-state index in [4.69, 9.17) is 27.8 Å². The van der Waals surface area contributed by atoms with Crippen LogP contribution in [-0.2, 0) is 41.0 Å². The zero-order chi connectivity index (χ0) is 25.8. The summed E-state index contributed by atoms with van der Waals surface area (Å²) in [6, 6.07) is 20.1. The second-order valence-electron chi connectivity index (χ2n) is 9.22. The number of hydrogen-bond acceptors (Lipinski definition) is 6. The Morgan fingerprint density at radius 1 is 0.861 bits per heavy atom. The first-order valence-electron chi connectivity index (χ1n) is 12.5. The van der Waals surface area contributed by atoms with Crippen molar-refractivity contribution in [1.82, 2.24) is 0 Å². The number of allylic oxidation sites excluding steroid dienone is 1. The fraction of sp³-hybridized carbons (Fsp3) is 0.448. The lowest BCUT2D eigenvalue weighted by molar-refractivity contribution is -0.300. The Morgan fingerprint density at radius 3 is 1.97 bits per heavy atom. The molecule has 0 aromatic heterocycles. The summed E-state index contributed by atoms with van der Waals surface area (Å²) in [5.74, 6) is 0. The van der Waals surface area contributed by atoms with Gasteiger partial charge in [0.2, 0.25) is 0 Å². The van der Waals surface area contributed by atoms with E-state index in [1.54, 1.807) is 13.2 Å². The predicted molar refractivity (Wildman–Crippen MR) is 144 cm³/mol. The molecule has 1 heterocycles. The molecule has 0 bridgehead atoms. The first-order valence-corrected chi connectivity index (χ1v) is 15.3. The summed E-state index contributed by atoms with van der Waals surface area (Å²) < 4.78 is 37.8. The maximum atomic E-state index is 6.67. The van der Waals surface area contributed by atoms with Gasteiger partial charge in [-0.2, -0.15) is 0 Å². The summed E-state index contributed by atoms with van der Waals surface area (Å²) in [5, 5.41) is 0. The third-order valence-corrected chi connectivity index (χ3v) is 7.73. The molecule has 2 aromatic carbocycles. The molecular formula is C29H40O6Si. The van der Waals surface area contributed by atoms with Crippen LogP contribution in [0.4, 0.5) is 0 Å². The minimum Gasteiger partial charge on any atom is -0.394 e. The molecule has 36 heavy (non-hydrogen) atoms. The normalized spacial score (nSPS) is 24.4. The lowest BCUT2D eigenvalue weighted by atomic mass is 9.98. The minimum atomic E-state index is -2.54. The highest BCUT2D eigenvalue weighted by Crippen LogP contribution is 2.32. The van der Waals surface area contributed by atoms with Crippen molar-refractivity contribution in [3.8, 4) is 0 Å². The van der Waals surface area contributed by atoms with Crippen LogP contribution in [0.2, 0.25) is 13.1 Å². The van der Waals surface area contributed by atoms with E-state index in [9.17, 15) is 0 Å². The van der Waals surface area contributed by atoms with Gasteiger partial charge in [-0.1, -0.05) is 72.8 Å². The molecule has 2 aromatic rings. The van der Waals surface area contributed by atoms with Gasteiger partial charge in [-0.3, -0.25) is 0 Å². The van der Waals surface area contributed by atoms with E-state index in [2.05, 4.69) is 13.2 Å². The van der Waals surface area contributed by atoms with Crippen molar-refractivity contribution in [3.05, 3.63) is 97.1 Å². The summed E-state index contributed by atoms with van der Waals surface area (Å²) in [4.78, 5) is 0. The molecule has 0 N–H and O–H groups in total. The quantitative estimate of drug-likeness (QED) is 0.171. The molecular weight excluding hydrogens is 472 g/mol. The summed E-state index contributed by atoms with van der Waals surface area (Å²) in [7, 11) is -0.924. The van der Waals surface area contributed by atoms with Crippen LogP contribution in [-0.4, -0.2) is 53.0 Å². The first-order chi connectivity index (χ1) is 17.5. The molecule has 5 atom stereocenters. The van der Waals surface area contributed by atoms with E-state index in [1.165, 1.54) is 0 Å². The third kappa shape index (κ3) is 8.49. The van der Waals surface area contributed by atoms with Gasteiger partial charge in [0.15, 0.2) is 6.29 Å². The number of unbranched alkanes of at least 4 members (excludes halogenated alkanes) is 1. The van der Waals surface area contributed by atoms with Crippen molar-refractivity contribution < 1.29 is 27.8 Å². The van der Waals surface area contributed by atoms with Gasteiger partial charge < -0.3 is 27.8 Å². The van der Waals surface area contributed by atoms with E-state index >= 15 is 0 Å². The Hall–Kier alpha value is -2.10.